The number of nitrogens with two attached hydrogens (primary N) is 1. The second-order valence-corrected chi connectivity index (χ2v) is 5.39. The molecule has 1 atom stereocenters. The normalized spacial score (nSPS) is 22.4. The van der Waals surface area contributed by atoms with Crippen molar-refractivity contribution in [3.8, 4) is 12.1 Å². The number of rotatable bonds is 2. The summed E-state index contributed by atoms with van der Waals surface area (Å²) < 4.78 is 0. The van der Waals surface area contributed by atoms with Crippen molar-refractivity contribution in [1.82, 2.24) is 0 Å². The Morgan fingerprint density at radius 3 is 2.30 bits per heavy atom. The van der Waals surface area contributed by atoms with Crippen LogP contribution >= 0.6 is 0 Å². The van der Waals surface area contributed by atoms with Crippen LogP contribution in [0.25, 0.3) is 0 Å². The topological polar surface area (TPSA) is 73.6 Å². The van der Waals surface area contributed by atoms with Gasteiger partial charge in [-0.25, -0.2) is 0 Å². The molecule has 2 aliphatic rings. The molecule has 0 heterocycles. The molecule has 2 aliphatic carbocycles. The largest absolute Gasteiger partial charge is 0.397 e. The third-order valence-corrected chi connectivity index (χ3v) is 4.16. The Labute approximate surface area is 118 Å². The minimum atomic E-state index is -0.00565. The summed E-state index contributed by atoms with van der Waals surface area (Å²) in [5, 5.41) is 18.8. The monoisotopic (exact) mass is 261 g/mol. The van der Waals surface area contributed by atoms with Crippen molar-refractivity contribution in [2.24, 2.45) is 11.7 Å². The molecule has 3 heteroatoms. The number of allylic oxidation sites excluding steroid dienone is 3. The first-order chi connectivity index (χ1) is 9.76. The molecular formula is C17H15N3. The molecule has 1 aromatic carbocycles. The number of hydrogen-bond donors (Lipinski definition) is 1. The van der Waals surface area contributed by atoms with Crippen molar-refractivity contribution in [2.75, 3.05) is 0 Å². The standard InChI is InChI=1S/C17H15N3/c18-9-15-13(11-4-2-1-3-5-11)8-14(12-6-7-12)16(10-19)17(15)20/h1-5,12-13H,6-8,20H2/t13-/m1/s1. The van der Waals surface area contributed by atoms with Gasteiger partial charge in [0.25, 0.3) is 0 Å². The van der Waals surface area contributed by atoms with Gasteiger partial charge in [-0.1, -0.05) is 30.3 Å². The van der Waals surface area contributed by atoms with Gasteiger partial charge in [0.15, 0.2) is 0 Å². The highest BCUT2D eigenvalue weighted by molar-refractivity contribution is 5.57. The third-order valence-electron chi connectivity index (χ3n) is 4.16. The molecule has 3 rings (SSSR count). The zero-order valence-corrected chi connectivity index (χ0v) is 11.1. The first-order valence-corrected chi connectivity index (χ1v) is 6.84. The van der Waals surface area contributed by atoms with E-state index in [2.05, 4.69) is 12.1 Å². The first-order valence-electron chi connectivity index (χ1n) is 6.84. The summed E-state index contributed by atoms with van der Waals surface area (Å²) in [6.45, 7) is 0. The molecule has 1 aromatic rings. The highest BCUT2D eigenvalue weighted by Gasteiger charge is 2.36. The predicted octanol–water partition coefficient (Wildman–Crippen LogP) is 3.14. The molecular weight excluding hydrogens is 246 g/mol. The second kappa shape index (κ2) is 4.87. The van der Waals surface area contributed by atoms with Crippen molar-refractivity contribution in [3.63, 3.8) is 0 Å². The summed E-state index contributed by atoms with van der Waals surface area (Å²) in [6, 6.07) is 14.4. The van der Waals surface area contributed by atoms with Gasteiger partial charge in [-0.3, -0.25) is 0 Å². The third kappa shape index (κ3) is 1.98. The van der Waals surface area contributed by atoms with Gasteiger partial charge >= 0.3 is 0 Å². The van der Waals surface area contributed by atoms with Gasteiger partial charge in [0, 0.05) is 5.92 Å². The molecule has 0 spiro atoms. The van der Waals surface area contributed by atoms with Crippen LogP contribution < -0.4 is 5.73 Å². The first kappa shape index (κ1) is 12.5. The van der Waals surface area contributed by atoms with Crippen LogP contribution in [0.4, 0.5) is 0 Å². The minimum absolute atomic E-state index is 0.00565. The van der Waals surface area contributed by atoms with Crippen LogP contribution in [0.15, 0.2) is 52.7 Å². The average Bonchev–Trinajstić information content (AvgIpc) is 3.31. The maximum absolute atomic E-state index is 9.43. The van der Waals surface area contributed by atoms with E-state index in [0.29, 0.717) is 22.8 Å². The van der Waals surface area contributed by atoms with Crippen LogP contribution in [0, 0.1) is 28.6 Å². The Bertz CT molecular complexity index is 679. The van der Waals surface area contributed by atoms with Gasteiger partial charge in [-0.05, 0) is 36.3 Å². The Hall–Kier alpha value is -2.52. The fraction of sp³-hybridized carbons (Fsp3) is 0.294. The maximum atomic E-state index is 9.43. The maximum Gasteiger partial charge on any atom is 0.101 e. The summed E-state index contributed by atoms with van der Waals surface area (Å²) in [4.78, 5) is 0. The average molecular weight is 261 g/mol. The SMILES string of the molecule is N#CC1=C(C2CC2)C[C@H](c2ccccc2)C(C#N)=C1N. The molecule has 0 amide bonds. The predicted molar refractivity (Wildman–Crippen MR) is 76.0 cm³/mol. The lowest BCUT2D eigenvalue weighted by atomic mass is 9.77. The fourth-order valence-electron chi connectivity index (χ4n) is 2.96. The van der Waals surface area contributed by atoms with E-state index in [-0.39, 0.29) is 5.92 Å². The second-order valence-electron chi connectivity index (χ2n) is 5.39. The molecule has 2 N–H and O–H groups in total. The molecule has 3 nitrogen and oxygen atoms in total. The number of benzene rings is 1. The molecule has 0 radical (unpaired) electrons. The molecule has 0 bridgehead atoms. The molecule has 1 fully saturated rings. The summed E-state index contributed by atoms with van der Waals surface area (Å²) in [6.07, 6.45) is 3.02. The van der Waals surface area contributed by atoms with E-state index in [1.807, 2.05) is 30.3 Å². The van der Waals surface area contributed by atoms with Crippen molar-refractivity contribution in [3.05, 3.63) is 58.3 Å². The summed E-state index contributed by atoms with van der Waals surface area (Å²) in [5.74, 6) is 0.489. The molecule has 0 saturated heterocycles. The molecule has 1 saturated carbocycles. The lowest BCUT2D eigenvalue weighted by molar-refractivity contribution is 0.719. The Balaban J connectivity index is 2.10. The van der Waals surface area contributed by atoms with Gasteiger partial charge in [-0.2, -0.15) is 10.5 Å². The van der Waals surface area contributed by atoms with E-state index < -0.39 is 0 Å². The van der Waals surface area contributed by atoms with Crippen molar-refractivity contribution in [2.45, 2.75) is 25.2 Å². The molecule has 0 aliphatic heterocycles. The number of nitrogens with zero attached hydrogens (tertiary/aromatic N) is 2. The van der Waals surface area contributed by atoms with E-state index in [0.717, 1.165) is 30.4 Å². The van der Waals surface area contributed by atoms with E-state index in [1.165, 1.54) is 0 Å². The van der Waals surface area contributed by atoms with Crippen LogP contribution in [-0.2, 0) is 0 Å². The molecule has 0 aromatic heterocycles. The highest BCUT2D eigenvalue weighted by atomic mass is 14.6. The van der Waals surface area contributed by atoms with E-state index in [9.17, 15) is 10.5 Å². The van der Waals surface area contributed by atoms with Gasteiger partial charge in [0.1, 0.15) is 6.07 Å². The van der Waals surface area contributed by atoms with E-state index >= 15 is 0 Å². The Kier molecular flexibility index (Phi) is 3.05. The number of hydrogen-bond acceptors (Lipinski definition) is 3. The summed E-state index contributed by atoms with van der Waals surface area (Å²) in [5.41, 5.74) is 9.83. The number of nitriles is 2. The van der Waals surface area contributed by atoms with Gasteiger partial charge in [-0.15, -0.1) is 0 Å². The zero-order chi connectivity index (χ0) is 14.1. The minimum Gasteiger partial charge on any atom is -0.397 e. The Morgan fingerprint density at radius 2 is 1.75 bits per heavy atom. The van der Waals surface area contributed by atoms with Gasteiger partial charge in [0.05, 0.1) is 22.9 Å². The summed E-state index contributed by atoms with van der Waals surface area (Å²) >= 11 is 0. The fourth-order valence-corrected chi connectivity index (χ4v) is 2.96. The van der Waals surface area contributed by atoms with Crippen LogP contribution in [-0.4, -0.2) is 0 Å². The quantitative estimate of drug-likeness (QED) is 0.888. The zero-order valence-electron chi connectivity index (χ0n) is 11.1. The van der Waals surface area contributed by atoms with E-state index in [4.69, 9.17) is 5.73 Å². The van der Waals surface area contributed by atoms with Crippen molar-refractivity contribution >= 4 is 0 Å². The highest BCUT2D eigenvalue weighted by Crippen LogP contribution is 2.48. The molecule has 0 unspecified atom stereocenters. The lowest BCUT2D eigenvalue weighted by Crippen LogP contribution is -2.19. The van der Waals surface area contributed by atoms with Crippen LogP contribution in [0.5, 0.6) is 0 Å². The van der Waals surface area contributed by atoms with Crippen LogP contribution in [0.3, 0.4) is 0 Å². The molecule has 98 valence electrons. The van der Waals surface area contributed by atoms with Crippen molar-refractivity contribution < 1.29 is 0 Å². The van der Waals surface area contributed by atoms with Crippen LogP contribution in [0.1, 0.15) is 30.7 Å². The smallest absolute Gasteiger partial charge is 0.101 e. The Morgan fingerprint density at radius 1 is 1.05 bits per heavy atom. The van der Waals surface area contributed by atoms with Gasteiger partial charge < -0.3 is 5.73 Å². The van der Waals surface area contributed by atoms with Gasteiger partial charge in [0.2, 0.25) is 0 Å². The lowest BCUT2D eigenvalue weighted by Gasteiger charge is -2.26. The summed E-state index contributed by atoms with van der Waals surface area (Å²) in [7, 11) is 0. The molecule has 20 heavy (non-hydrogen) atoms. The van der Waals surface area contributed by atoms with Crippen LogP contribution in [0.2, 0.25) is 0 Å². The van der Waals surface area contributed by atoms with Crippen molar-refractivity contribution in [1.29, 1.82) is 10.5 Å². The van der Waals surface area contributed by atoms with E-state index in [1.54, 1.807) is 0 Å².